The number of nitrogens with zero attached hydrogens (tertiary/aromatic N) is 3. The molecule has 2 aromatic rings. The Morgan fingerprint density at radius 1 is 1.37 bits per heavy atom. The molecule has 104 valence electrons. The van der Waals surface area contributed by atoms with E-state index in [0.717, 1.165) is 28.2 Å². The molecule has 0 saturated carbocycles. The second-order valence-corrected chi connectivity index (χ2v) is 6.30. The van der Waals surface area contributed by atoms with E-state index in [1.165, 1.54) is 11.3 Å². The molecule has 0 spiro atoms. The molecule has 0 aliphatic carbocycles. The second kappa shape index (κ2) is 6.15. The van der Waals surface area contributed by atoms with Crippen LogP contribution in [0.1, 0.15) is 11.1 Å². The topological polar surface area (TPSA) is 39.6 Å². The molecule has 0 amide bonds. The van der Waals surface area contributed by atoms with Crippen molar-refractivity contribution in [1.29, 1.82) is 0 Å². The Morgan fingerprint density at radius 3 is 2.74 bits per heavy atom. The predicted octanol–water partition coefficient (Wildman–Crippen LogP) is 2.43. The Kier molecular flexibility index (Phi) is 4.76. The minimum absolute atomic E-state index is 0.616. The van der Waals surface area contributed by atoms with Gasteiger partial charge in [-0.1, -0.05) is 11.6 Å². The SMILES string of the molecule is CN(C)CCN(C)C(O)c1cc2nccc(Cl)c2s1. The molecular formula is C13H18ClN3OS. The zero-order valence-corrected chi connectivity index (χ0v) is 12.9. The van der Waals surface area contributed by atoms with E-state index in [1.807, 2.05) is 32.1 Å². The molecule has 0 fully saturated rings. The lowest BCUT2D eigenvalue weighted by Gasteiger charge is -2.23. The molecule has 2 rings (SSSR count). The third-order valence-corrected chi connectivity index (χ3v) is 4.58. The van der Waals surface area contributed by atoms with E-state index in [1.54, 1.807) is 12.3 Å². The summed E-state index contributed by atoms with van der Waals surface area (Å²) in [5.41, 5.74) is 0.840. The van der Waals surface area contributed by atoms with Crippen LogP contribution in [0.25, 0.3) is 10.2 Å². The summed E-state index contributed by atoms with van der Waals surface area (Å²) in [5, 5.41) is 11.0. The number of likely N-dealkylation sites (N-methyl/N-ethyl adjacent to an activating group) is 2. The Bertz CT molecular complexity index is 558. The van der Waals surface area contributed by atoms with Crippen LogP contribution < -0.4 is 0 Å². The van der Waals surface area contributed by atoms with Gasteiger partial charge in [-0.2, -0.15) is 0 Å². The normalized spacial score (nSPS) is 13.6. The number of hydrogen-bond donors (Lipinski definition) is 1. The van der Waals surface area contributed by atoms with E-state index in [9.17, 15) is 5.11 Å². The lowest BCUT2D eigenvalue weighted by atomic mass is 10.3. The van der Waals surface area contributed by atoms with E-state index < -0.39 is 6.23 Å². The monoisotopic (exact) mass is 299 g/mol. The highest BCUT2D eigenvalue weighted by molar-refractivity contribution is 7.19. The Balaban J connectivity index is 2.17. The summed E-state index contributed by atoms with van der Waals surface area (Å²) < 4.78 is 0.930. The van der Waals surface area contributed by atoms with Gasteiger partial charge in [-0.3, -0.25) is 9.88 Å². The quantitative estimate of drug-likeness (QED) is 0.861. The van der Waals surface area contributed by atoms with E-state index in [-0.39, 0.29) is 0 Å². The predicted molar refractivity (Wildman–Crippen MR) is 80.8 cm³/mol. The van der Waals surface area contributed by atoms with Crippen molar-refractivity contribution in [3.8, 4) is 0 Å². The third kappa shape index (κ3) is 3.43. The number of pyridine rings is 1. The first-order valence-electron chi connectivity index (χ1n) is 6.06. The van der Waals surface area contributed by atoms with Gasteiger partial charge in [0.2, 0.25) is 0 Å². The van der Waals surface area contributed by atoms with E-state index in [2.05, 4.69) is 9.88 Å². The third-order valence-electron chi connectivity index (χ3n) is 2.95. The molecule has 0 saturated heterocycles. The molecule has 1 unspecified atom stereocenters. The average molecular weight is 300 g/mol. The first kappa shape index (κ1) is 14.7. The summed E-state index contributed by atoms with van der Waals surface area (Å²) in [7, 11) is 5.94. The molecule has 1 N–H and O–H groups in total. The van der Waals surface area contributed by atoms with E-state index >= 15 is 0 Å². The van der Waals surface area contributed by atoms with Crippen molar-refractivity contribution < 1.29 is 5.11 Å². The number of hydrogen-bond acceptors (Lipinski definition) is 5. The number of thiophene rings is 1. The number of aromatic nitrogens is 1. The Labute approximate surface area is 122 Å². The Morgan fingerprint density at radius 2 is 2.11 bits per heavy atom. The highest BCUT2D eigenvalue weighted by atomic mass is 35.5. The Hall–Kier alpha value is -0.720. The average Bonchev–Trinajstić information content (AvgIpc) is 2.80. The van der Waals surface area contributed by atoms with Crippen LogP contribution in [-0.4, -0.2) is 54.1 Å². The van der Waals surface area contributed by atoms with Gasteiger partial charge in [-0.25, -0.2) is 0 Å². The molecule has 6 heteroatoms. The molecule has 0 aliphatic heterocycles. The van der Waals surface area contributed by atoms with Crippen molar-refractivity contribution in [2.24, 2.45) is 0 Å². The second-order valence-electron chi connectivity index (χ2n) is 4.81. The maximum absolute atomic E-state index is 10.3. The first-order chi connectivity index (χ1) is 8.99. The van der Waals surface area contributed by atoms with Crippen molar-refractivity contribution in [2.75, 3.05) is 34.2 Å². The molecule has 2 heterocycles. The molecule has 0 aromatic carbocycles. The summed E-state index contributed by atoms with van der Waals surface area (Å²) in [5.74, 6) is 0. The van der Waals surface area contributed by atoms with Crippen molar-refractivity contribution >= 4 is 33.2 Å². The number of rotatable bonds is 5. The van der Waals surface area contributed by atoms with Crippen LogP contribution in [0.15, 0.2) is 18.3 Å². The van der Waals surface area contributed by atoms with Gasteiger partial charge in [-0.15, -0.1) is 11.3 Å². The first-order valence-corrected chi connectivity index (χ1v) is 7.25. The standard InChI is InChI=1S/C13H18ClN3OS/c1-16(2)6-7-17(3)13(18)11-8-10-12(19-11)9(14)4-5-15-10/h4-5,8,13,18H,6-7H2,1-3H3. The molecule has 19 heavy (non-hydrogen) atoms. The van der Waals surface area contributed by atoms with Gasteiger partial charge >= 0.3 is 0 Å². The van der Waals surface area contributed by atoms with Crippen LogP contribution in [-0.2, 0) is 0 Å². The van der Waals surface area contributed by atoms with Crippen molar-refractivity contribution in [3.63, 3.8) is 0 Å². The van der Waals surface area contributed by atoms with Gasteiger partial charge in [-0.05, 0) is 33.3 Å². The van der Waals surface area contributed by atoms with Crippen LogP contribution in [0.5, 0.6) is 0 Å². The zero-order chi connectivity index (χ0) is 14.0. The number of halogens is 1. The molecule has 4 nitrogen and oxygen atoms in total. The van der Waals surface area contributed by atoms with Crippen molar-refractivity contribution in [2.45, 2.75) is 6.23 Å². The largest absolute Gasteiger partial charge is 0.373 e. The number of fused-ring (bicyclic) bond motifs is 1. The molecular weight excluding hydrogens is 282 g/mol. The van der Waals surface area contributed by atoms with E-state index in [4.69, 9.17) is 11.6 Å². The van der Waals surface area contributed by atoms with Gasteiger partial charge in [0.05, 0.1) is 20.1 Å². The summed E-state index contributed by atoms with van der Waals surface area (Å²) in [6.45, 7) is 1.70. The van der Waals surface area contributed by atoms with Crippen LogP contribution in [0.2, 0.25) is 5.02 Å². The minimum atomic E-state index is -0.616. The van der Waals surface area contributed by atoms with Crippen LogP contribution in [0.3, 0.4) is 0 Å². The fraction of sp³-hybridized carbons (Fsp3) is 0.462. The zero-order valence-electron chi connectivity index (χ0n) is 11.3. The smallest absolute Gasteiger partial charge is 0.142 e. The summed E-state index contributed by atoms with van der Waals surface area (Å²) >= 11 is 7.62. The lowest BCUT2D eigenvalue weighted by Crippen LogP contribution is -2.31. The summed E-state index contributed by atoms with van der Waals surface area (Å²) in [4.78, 5) is 9.14. The molecule has 0 aliphatic rings. The van der Waals surface area contributed by atoms with Crippen molar-refractivity contribution in [3.05, 3.63) is 28.2 Å². The summed E-state index contributed by atoms with van der Waals surface area (Å²) in [6.07, 6.45) is 1.07. The van der Waals surface area contributed by atoms with Crippen LogP contribution in [0, 0.1) is 0 Å². The maximum atomic E-state index is 10.3. The maximum Gasteiger partial charge on any atom is 0.142 e. The molecule has 0 bridgehead atoms. The van der Waals surface area contributed by atoms with Crippen molar-refractivity contribution in [1.82, 2.24) is 14.8 Å². The molecule has 1 atom stereocenters. The van der Waals surface area contributed by atoms with Crippen LogP contribution >= 0.6 is 22.9 Å². The van der Waals surface area contributed by atoms with Gasteiger partial charge in [0.1, 0.15) is 6.23 Å². The number of aliphatic hydroxyl groups excluding tert-OH is 1. The minimum Gasteiger partial charge on any atom is -0.373 e. The van der Waals surface area contributed by atoms with Gasteiger partial charge in [0.15, 0.2) is 0 Å². The van der Waals surface area contributed by atoms with Gasteiger partial charge in [0.25, 0.3) is 0 Å². The number of aliphatic hydroxyl groups is 1. The van der Waals surface area contributed by atoms with Crippen LogP contribution in [0.4, 0.5) is 0 Å². The fourth-order valence-corrected chi connectivity index (χ4v) is 3.09. The molecule has 0 radical (unpaired) electrons. The van der Waals surface area contributed by atoms with Gasteiger partial charge in [0, 0.05) is 19.3 Å². The fourth-order valence-electron chi connectivity index (χ4n) is 1.75. The highest BCUT2D eigenvalue weighted by Gasteiger charge is 2.17. The molecule has 2 aromatic heterocycles. The van der Waals surface area contributed by atoms with Gasteiger partial charge < -0.3 is 10.0 Å². The van der Waals surface area contributed by atoms with E-state index in [0.29, 0.717) is 5.02 Å². The summed E-state index contributed by atoms with van der Waals surface area (Å²) in [6, 6.07) is 3.68. The highest BCUT2D eigenvalue weighted by Crippen LogP contribution is 2.34. The lowest BCUT2D eigenvalue weighted by molar-refractivity contribution is 0.0204.